The first-order valence-corrected chi connectivity index (χ1v) is 8.70. The fourth-order valence-corrected chi connectivity index (χ4v) is 3.72. The van der Waals surface area contributed by atoms with Gasteiger partial charge in [-0.3, -0.25) is 4.98 Å². The Kier molecular flexibility index (Phi) is 5.90. The van der Waals surface area contributed by atoms with Crippen LogP contribution in [-0.2, 0) is 16.6 Å². The summed E-state index contributed by atoms with van der Waals surface area (Å²) >= 11 is 5.85. The van der Waals surface area contributed by atoms with Crippen LogP contribution in [0.3, 0.4) is 0 Å². The molecule has 2 aromatic rings. The van der Waals surface area contributed by atoms with E-state index in [1.165, 1.54) is 22.8 Å². The maximum absolute atomic E-state index is 12.8. The summed E-state index contributed by atoms with van der Waals surface area (Å²) in [6.45, 7) is 1.06. The van der Waals surface area contributed by atoms with Crippen LogP contribution in [0.4, 0.5) is 0 Å². The predicted octanol–water partition coefficient (Wildman–Crippen LogP) is 2.27. The van der Waals surface area contributed by atoms with E-state index in [2.05, 4.69) is 4.98 Å². The molecule has 0 atom stereocenters. The van der Waals surface area contributed by atoms with E-state index < -0.39 is 10.0 Å². The second-order valence-electron chi connectivity index (χ2n) is 4.81. The van der Waals surface area contributed by atoms with Gasteiger partial charge in [0.05, 0.1) is 5.02 Å². The van der Waals surface area contributed by atoms with E-state index in [9.17, 15) is 8.42 Å². The average Bonchev–Trinajstić information content (AvgIpc) is 2.52. The Labute approximate surface area is 135 Å². The molecule has 0 saturated heterocycles. The van der Waals surface area contributed by atoms with Gasteiger partial charge < -0.3 is 5.73 Å². The Balaban J connectivity index is 2.31. The third-order valence-electron chi connectivity index (χ3n) is 3.13. The van der Waals surface area contributed by atoms with Crippen molar-refractivity contribution in [1.29, 1.82) is 0 Å². The van der Waals surface area contributed by atoms with Crippen molar-refractivity contribution >= 4 is 21.6 Å². The molecule has 2 N–H and O–H groups in total. The third-order valence-corrected chi connectivity index (χ3v) is 5.15. The molecular weight excluding hydrogens is 322 g/mol. The summed E-state index contributed by atoms with van der Waals surface area (Å²) in [5.41, 5.74) is 6.44. The third kappa shape index (κ3) is 4.27. The summed E-state index contributed by atoms with van der Waals surface area (Å²) in [6.07, 6.45) is 3.30. The summed E-state index contributed by atoms with van der Waals surface area (Å²) in [6, 6.07) is 10.8. The molecule has 0 aliphatic heterocycles. The normalized spacial score (nSPS) is 11.8. The highest BCUT2D eigenvalue weighted by Gasteiger charge is 2.24. The Morgan fingerprint density at radius 2 is 1.91 bits per heavy atom. The molecule has 2 rings (SSSR count). The topological polar surface area (TPSA) is 76.3 Å². The molecule has 0 radical (unpaired) electrons. The van der Waals surface area contributed by atoms with Crippen molar-refractivity contribution < 1.29 is 8.42 Å². The number of halogens is 1. The van der Waals surface area contributed by atoms with E-state index in [0.717, 1.165) is 5.56 Å². The Morgan fingerprint density at radius 3 is 2.55 bits per heavy atom. The maximum Gasteiger partial charge on any atom is 0.244 e. The zero-order chi connectivity index (χ0) is 16.0. The van der Waals surface area contributed by atoms with Crippen LogP contribution in [0.2, 0.25) is 5.02 Å². The Hall–Kier alpha value is -1.47. The van der Waals surface area contributed by atoms with Crippen LogP contribution in [-0.4, -0.2) is 30.8 Å². The van der Waals surface area contributed by atoms with Crippen molar-refractivity contribution in [3.8, 4) is 0 Å². The van der Waals surface area contributed by atoms with Gasteiger partial charge in [-0.25, -0.2) is 8.42 Å². The van der Waals surface area contributed by atoms with Gasteiger partial charge in [0.2, 0.25) is 10.0 Å². The van der Waals surface area contributed by atoms with Gasteiger partial charge in [0, 0.05) is 25.5 Å². The first kappa shape index (κ1) is 16.9. The number of pyridine rings is 1. The monoisotopic (exact) mass is 339 g/mol. The number of sulfonamides is 1. The number of nitrogens with zero attached hydrogens (tertiary/aromatic N) is 2. The second-order valence-corrected chi connectivity index (χ2v) is 7.18. The van der Waals surface area contributed by atoms with Gasteiger partial charge in [0.25, 0.3) is 0 Å². The summed E-state index contributed by atoms with van der Waals surface area (Å²) in [5.74, 6) is 0. The van der Waals surface area contributed by atoms with Gasteiger partial charge in [0.1, 0.15) is 4.90 Å². The molecule has 0 aliphatic carbocycles. The van der Waals surface area contributed by atoms with Crippen molar-refractivity contribution in [3.05, 3.63) is 59.4 Å². The second kappa shape index (κ2) is 7.69. The van der Waals surface area contributed by atoms with Crippen LogP contribution in [0.15, 0.2) is 53.7 Å². The van der Waals surface area contributed by atoms with E-state index in [-0.39, 0.29) is 11.4 Å². The van der Waals surface area contributed by atoms with Gasteiger partial charge in [-0.2, -0.15) is 4.31 Å². The molecule has 1 aromatic heterocycles. The maximum atomic E-state index is 12.8. The van der Waals surface area contributed by atoms with Gasteiger partial charge in [-0.1, -0.05) is 41.9 Å². The van der Waals surface area contributed by atoms with E-state index in [4.69, 9.17) is 17.3 Å². The summed E-state index contributed by atoms with van der Waals surface area (Å²) in [7, 11) is -3.66. The molecule has 0 aliphatic rings. The highest BCUT2D eigenvalue weighted by molar-refractivity contribution is 7.89. The van der Waals surface area contributed by atoms with Crippen LogP contribution < -0.4 is 5.73 Å². The number of hydrogen-bond acceptors (Lipinski definition) is 4. The molecule has 5 nitrogen and oxygen atoms in total. The van der Waals surface area contributed by atoms with Crippen LogP contribution >= 0.6 is 11.6 Å². The quantitative estimate of drug-likeness (QED) is 0.839. The number of benzene rings is 1. The van der Waals surface area contributed by atoms with Crippen LogP contribution in [0.5, 0.6) is 0 Å². The van der Waals surface area contributed by atoms with Crippen molar-refractivity contribution in [2.45, 2.75) is 17.9 Å². The fourth-order valence-electron chi connectivity index (χ4n) is 2.02. The molecule has 118 valence electrons. The average molecular weight is 340 g/mol. The highest BCUT2D eigenvalue weighted by atomic mass is 35.5. The number of hydrogen-bond donors (Lipinski definition) is 1. The lowest BCUT2D eigenvalue weighted by molar-refractivity contribution is 0.401. The lowest BCUT2D eigenvalue weighted by Crippen LogP contribution is -2.32. The zero-order valence-corrected chi connectivity index (χ0v) is 13.6. The van der Waals surface area contributed by atoms with Crippen LogP contribution in [0.25, 0.3) is 0 Å². The molecule has 0 fully saturated rings. The number of nitrogens with two attached hydrogens (primary N) is 1. The molecule has 22 heavy (non-hydrogen) atoms. The smallest absolute Gasteiger partial charge is 0.244 e. The minimum Gasteiger partial charge on any atom is -0.330 e. The lowest BCUT2D eigenvalue weighted by Gasteiger charge is -2.22. The Morgan fingerprint density at radius 1 is 1.18 bits per heavy atom. The fraction of sp³-hybridized carbons (Fsp3) is 0.267. The molecule has 0 saturated carbocycles. The predicted molar refractivity (Wildman–Crippen MR) is 87.0 cm³/mol. The minimum atomic E-state index is -3.66. The van der Waals surface area contributed by atoms with Crippen molar-refractivity contribution in [2.75, 3.05) is 13.1 Å². The van der Waals surface area contributed by atoms with Gasteiger partial charge in [-0.05, 0) is 24.6 Å². The lowest BCUT2D eigenvalue weighted by atomic mass is 10.2. The highest BCUT2D eigenvalue weighted by Crippen LogP contribution is 2.20. The molecule has 0 amide bonds. The first-order chi connectivity index (χ1) is 10.5. The van der Waals surface area contributed by atoms with Crippen molar-refractivity contribution in [3.63, 3.8) is 0 Å². The van der Waals surface area contributed by atoms with Crippen molar-refractivity contribution in [1.82, 2.24) is 9.29 Å². The molecule has 0 bridgehead atoms. The standard InChI is InChI=1S/C15H18ClN3O2S/c16-14-9-15(11-18-10-14)22(20,21)19(8-4-7-17)12-13-5-2-1-3-6-13/h1-3,5-6,9-11H,4,7-8,12,17H2. The van der Waals surface area contributed by atoms with Crippen molar-refractivity contribution in [2.24, 2.45) is 5.73 Å². The summed E-state index contributed by atoms with van der Waals surface area (Å²) in [5, 5.41) is 0.291. The molecule has 1 aromatic carbocycles. The largest absolute Gasteiger partial charge is 0.330 e. The van der Waals surface area contributed by atoms with E-state index >= 15 is 0 Å². The molecule has 0 spiro atoms. The SMILES string of the molecule is NCCCN(Cc1ccccc1)S(=O)(=O)c1cncc(Cl)c1. The Bertz CT molecular complexity index is 708. The van der Waals surface area contributed by atoms with Crippen LogP contribution in [0.1, 0.15) is 12.0 Å². The van der Waals surface area contributed by atoms with Crippen LogP contribution in [0, 0.1) is 0 Å². The molecule has 0 unspecified atom stereocenters. The first-order valence-electron chi connectivity index (χ1n) is 6.89. The van der Waals surface area contributed by atoms with Gasteiger partial charge >= 0.3 is 0 Å². The number of aromatic nitrogens is 1. The van der Waals surface area contributed by atoms with E-state index in [0.29, 0.717) is 24.5 Å². The summed E-state index contributed by atoms with van der Waals surface area (Å²) in [4.78, 5) is 3.95. The molecule has 1 heterocycles. The molecular formula is C15H18ClN3O2S. The van der Waals surface area contributed by atoms with E-state index in [1.54, 1.807) is 0 Å². The molecule has 7 heteroatoms. The van der Waals surface area contributed by atoms with Gasteiger partial charge in [0.15, 0.2) is 0 Å². The minimum absolute atomic E-state index is 0.0907. The summed E-state index contributed by atoms with van der Waals surface area (Å²) < 4.78 is 27.0. The number of rotatable bonds is 7. The van der Waals surface area contributed by atoms with E-state index in [1.807, 2.05) is 30.3 Å². The zero-order valence-electron chi connectivity index (χ0n) is 12.0. The van der Waals surface area contributed by atoms with Gasteiger partial charge in [-0.15, -0.1) is 0 Å².